The normalized spacial score (nSPS) is 10.6. The summed E-state index contributed by atoms with van der Waals surface area (Å²) >= 11 is 0. The van der Waals surface area contributed by atoms with Crippen molar-refractivity contribution in [3.05, 3.63) is 30.2 Å². The van der Waals surface area contributed by atoms with Gasteiger partial charge in [0.05, 0.1) is 18.4 Å². The first-order chi connectivity index (χ1) is 8.25. The Morgan fingerprint density at radius 1 is 1.47 bits per heavy atom. The van der Waals surface area contributed by atoms with Crippen LogP contribution in [0.3, 0.4) is 0 Å². The molecule has 0 saturated carbocycles. The zero-order valence-corrected chi connectivity index (χ0v) is 9.05. The van der Waals surface area contributed by atoms with Gasteiger partial charge in [-0.1, -0.05) is 5.16 Å². The van der Waals surface area contributed by atoms with Gasteiger partial charge < -0.3 is 19.4 Å². The summed E-state index contributed by atoms with van der Waals surface area (Å²) in [6.45, 7) is 0.871. The summed E-state index contributed by atoms with van der Waals surface area (Å²) in [5, 5.41) is 15.3. The molecule has 0 amide bonds. The highest BCUT2D eigenvalue weighted by Crippen LogP contribution is 2.20. The highest BCUT2D eigenvalue weighted by atomic mass is 16.5. The van der Waals surface area contributed by atoms with Gasteiger partial charge in [-0.15, -0.1) is 0 Å². The van der Waals surface area contributed by atoms with Gasteiger partial charge in [0.2, 0.25) is 5.76 Å². The lowest BCUT2D eigenvalue weighted by Gasteiger charge is -1.97. The van der Waals surface area contributed by atoms with E-state index < -0.39 is 5.97 Å². The lowest BCUT2D eigenvalue weighted by Crippen LogP contribution is -2.17. The number of hydrogen-bond acceptors (Lipinski definition) is 5. The maximum absolute atomic E-state index is 10.3. The predicted molar refractivity (Wildman–Crippen MR) is 58.2 cm³/mol. The van der Waals surface area contributed by atoms with E-state index in [1.807, 2.05) is 0 Å². The van der Waals surface area contributed by atoms with Crippen molar-refractivity contribution in [2.24, 2.45) is 0 Å². The van der Waals surface area contributed by atoms with Crippen molar-refractivity contribution in [1.29, 1.82) is 0 Å². The Bertz CT molecular complexity index is 475. The standard InChI is InChI=1S/C11H12N2O4/c14-11(15)3-4-12-7-8-6-10(17-13-8)9-2-1-5-16-9/h1-2,5-6,12H,3-4,7H2,(H,14,15). The van der Waals surface area contributed by atoms with Crippen LogP contribution in [0.25, 0.3) is 11.5 Å². The number of rotatable bonds is 6. The Labute approximate surface area is 97.2 Å². The second-order valence-corrected chi connectivity index (χ2v) is 3.48. The molecule has 2 N–H and O–H groups in total. The molecule has 2 heterocycles. The van der Waals surface area contributed by atoms with Crippen LogP contribution in [-0.2, 0) is 11.3 Å². The average molecular weight is 236 g/mol. The van der Waals surface area contributed by atoms with Crippen LogP contribution < -0.4 is 5.32 Å². The van der Waals surface area contributed by atoms with Crippen LogP contribution in [0.5, 0.6) is 0 Å². The zero-order valence-electron chi connectivity index (χ0n) is 9.05. The molecule has 90 valence electrons. The molecule has 17 heavy (non-hydrogen) atoms. The number of nitrogens with zero attached hydrogens (tertiary/aromatic N) is 1. The number of furan rings is 1. The van der Waals surface area contributed by atoms with E-state index in [1.165, 1.54) is 0 Å². The van der Waals surface area contributed by atoms with Gasteiger partial charge in [-0.3, -0.25) is 4.79 Å². The summed E-state index contributed by atoms with van der Waals surface area (Å²) < 4.78 is 10.2. The molecule has 0 spiro atoms. The molecule has 2 aromatic rings. The fraction of sp³-hybridized carbons (Fsp3) is 0.273. The van der Waals surface area contributed by atoms with Gasteiger partial charge in [0.25, 0.3) is 0 Å². The molecule has 0 atom stereocenters. The molecular formula is C11H12N2O4. The van der Waals surface area contributed by atoms with Crippen LogP contribution in [0.4, 0.5) is 0 Å². The Hall–Kier alpha value is -2.08. The van der Waals surface area contributed by atoms with E-state index in [-0.39, 0.29) is 6.42 Å². The Morgan fingerprint density at radius 2 is 2.35 bits per heavy atom. The van der Waals surface area contributed by atoms with Crippen LogP contribution in [0.15, 0.2) is 33.4 Å². The van der Waals surface area contributed by atoms with Crippen molar-refractivity contribution in [3.8, 4) is 11.5 Å². The first-order valence-corrected chi connectivity index (χ1v) is 5.17. The van der Waals surface area contributed by atoms with E-state index in [2.05, 4.69) is 10.5 Å². The largest absolute Gasteiger partial charge is 0.481 e. The summed E-state index contributed by atoms with van der Waals surface area (Å²) in [5.41, 5.74) is 0.710. The number of carbonyl (C=O) groups is 1. The molecule has 2 aromatic heterocycles. The molecular weight excluding hydrogens is 224 g/mol. The molecule has 0 aromatic carbocycles. The van der Waals surface area contributed by atoms with Crippen LogP contribution >= 0.6 is 0 Å². The maximum atomic E-state index is 10.3. The average Bonchev–Trinajstić information content (AvgIpc) is 2.94. The Balaban J connectivity index is 1.84. The predicted octanol–water partition coefficient (Wildman–Crippen LogP) is 1.50. The number of aromatic nitrogens is 1. The molecule has 0 radical (unpaired) electrons. The van der Waals surface area contributed by atoms with Crippen LogP contribution in [0.1, 0.15) is 12.1 Å². The van der Waals surface area contributed by atoms with E-state index in [0.29, 0.717) is 30.3 Å². The summed E-state index contributed by atoms with van der Waals surface area (Å²) in [6, 6.07) is 5.30. The summed E-state index contributed by atoms with van der Waals surface area (Å²) in [4.78, 5) is 10.3. The molecule has 0 aliphatic rings. The minimum atomic E-state index is -0.825. The van der Waals surface area contributed by atoms with Crippen molar-refractivity contribution in [3.63, 3.8) is 0 Å². The Morgan fingerprint density at radius 3 is 3.06 bits per heavy atom. The van der Waals surface area contributed by atoms with Crippen molar-refractivity contribution in [1.82, 2.24) is 10.5 Å². The minimum Gasteiger partial charge on any atom is -0.481 e. The van der Waals surface area contributed by atoms with Gasteiger partial charge in [-0.25, -0.2) is 0 Å². The maximum Gasteiger partial charge on any atom is 0.304 e. The SMILES string of the molecule is O=C(O)CCNCc1cc(-c2ccco2)on1. The summed E-state index contributed by atoms with van der Waals surface area (Å²) in [7, 11) is 0. The third-order valence-corrected chi connectivity index (χ3v) is 2.14. The zero-order chi connectivity index (χ0) is 12.1. The Kier molecular flexibility index (Phi) is 3.56. The topological polar surface area (TPSA) is 88.5 Å². The van der Waals surface area contributed by atoms with Gasteiger partial charge in [0.15, 0.2) is 5.76 Å². The van der Waals surface area contributed by atoms with Gasteiger partial charge in [-0.05, 0) is 12.1 Å². The highest BCUT2D eigenvalue weighted by molar-refractivity contribution is 5.66. The fourth-order valence-corrected chi connectivity index (χ4v) is 1.34. The number of carboxylic acids is 1. The van der Waals surface area contributed by atoms with Crippen molar-refractivity contribution in [2.75, 3.05) is 6.54 Å². The van der Waals surface area contributed by atoms with Gasteiger partial charge in [0, 0.05) is 19.2 Å². The summed E-state index contributed by atoms with van der Waals surface area (Å²) in [5.74, 6) is 0.355. The fourth-order valence-electron chi connectivity index (χ4n) is 1.34. The second kappa shape index (κ2) is 5.31. The third-order valence-electron chi connectivity index (χ3n) is 2.14. The lowest BCUT2D eigenvalue weighted by atomic mass is 10.3. The second-order valence-electron chi connectivity index (χ2n) is 3.48. The first-order valence-electron chi connectivity index (χ1n) is 5.17. The highest BCUT2D eigenvalue weighted by Gasteiger charge is 2.08. The van der Waals surface area contributed by atoms with Crippen molar-refractivity contribution in [2.45, 2.75) is 13.0 Å². The first kappa shape index (κ1) is 11.4. The van der Waals surface area contributed by atoms with Crippen LogP contribution in [-0.4, -0.2) is 22.8 Å². The number of aliphatic carboxylic acids is 1. The molecule has 0 unspecified atom stereocenters. The van der Waals surface area contributed by atoms with Gasteiger partial charge >= 0.3 is 5.97 Å². The van der Waals surface area contributed by atoms with Crippen LogP contribution in [0, 0.1) is 0 Å². The van der Waals surface area contributed by atoms with Crippen LogP contribution in [0.2, 0.25) is 0 Å². The third kappa shape index (κ3) is 3.18. The quantitative estimate of drug-likeness (QED) is 0.739. The van der Waals surface area contributed by atoms with E-state index in [0.717, 1.165) is 0 Å². The molecule has 0 saturated heterocycles. The molecule has 0 aliphatic heterocycles. The molecule has 2 rings (SSSR count). The smallest absolute Gasteiger partial charge is 0.304 e. The molecule has 0 bridgehead atoms. The van der Waals surface area contributed by atoms with E-state index in [9.17, 15) is 4.79 Å². The minimum absolute atomic E-state index is 0.0862. The molecule has 6 nitrogen and oxygen atoms in total. The summed E-state index contributed by atoms with van der Waals surface area (Å²) in [6.07, 6.45) is 1.64. The van der Waals surface area contributed by atoms with Gasteiger partial charge in [-0.2, -0.15) is 0 Å². The van der Waals surface area contributed by atoms with Crippen molar-refractivity contribution >= 4 is 5.97 Å². The van der Waals surface area contributed by atoms with E-state index in [1.54, 1.807) is 24.5 Å². The van der Waals surface area contributed by atoms with E-state index in [4.69, 9.17) is 14.0 Å². The van der Waals surface area contributed by atoms with Gasteiger partial charge in [0.1, 0.15) is 0 Å². The molecule has 0 fully saturated rings. The molecule has 0 aliphatic carbocycles. The number of hydrogen-bond donors (Lipinski definition) is 2. The lowest BCUT2D eigenvalue weighted by molar-refractivity contribution is -0.136. The van der Waals surface area contributed by atoms with E-state index >= 15 is 0 Å². The van der Waals surface area contributed by atoms with Crippen molar-refractivity contribution < 1.29 is 18.8 Å². The number of carboxylic acid groups (broad SMARTS) is 1. The number of nitrogens with one attached hydrogen (secondary N) is 1. The molecule has 6 heteroatoms. The monoisotopic (exact) mass is 236 g/mol.